The van der Waals surface area contributed by atoms with Crippen LogP contribution in [0.4, 0.5) is 0 Å². The molecule has 14 heavy (non-hydrogen) atoms. The van der Waals surface area contributed by atoms with Gasteiger partial charge in [0.1, 0.15) is 11.8 Å². The van der Waals surface area contributed by atoms with E-state index in [1.165, 1.54) is 6.33 Å². The van der Waals surface area contributed by atoms with Crippen molar-refractivity contribution in [2.45, 2.75) is 0 Å². The van der Waals surface area contributed by atoms with Gasteiger partial charge in [-0.05, 0) is 0 Å². The first kappa shape index (κ1) is 8.36. The predicted octanol–water partition coefficient (Wildman–Crippen LogP) is 0.763. The summed E-state index contributed by atoms with van der Waals surface area (Å²) in [5.74, 6) is 0. The molecule has 6 nitrogen and oxygen atoms in total. The fourth-order valence-corrected chi connectivity index (χ4v) is 0.906. The molecule has 2 N–H and O–H groups in total. The van der Waals surface area contributed by atoms with Crippen LogP contribution in [0, 0.1) is 0 Å². The van der Waals surface area contributed by atoms with Gasteiger partial charge in [-0.1, -0.05) is 0 Å². The molecule has 3 rings (SSSR count). The standard InChI is InChI=1S/C5H4N4.C3H4N2/c1-4-5(8-2-6-1)9-3-7-4;1-2-5-3-4-1/h1-3H,(H,6,7,8,9);1-3H,(H,4,5). The smallest absolute Gasteiger partial charge is 0.160 e. The first-order valence-corrected chi connectivity index (χ1v) is 3.98. The lowest BCUT2D eigenvalue weighted by molar-refractivity contribution is 1.20. The molecule has 0 radical (unpaired) electrons. The fraction of sp³-hybridized carbons (Fsp3) is 0. The molecule has 0 atom stereocenters. The third-order valence-corrected chi connectivity index (χ3v) is 1.50. The lowest BCUT2D eigenvalue weighted by Crippen LogP contribution is -1.76. The van der Waals surface area contributed by atoms with E-state index < -0.39 is 0 Å². The third kappa shape index (κ3) is 1.92. The topological polar surface area (TPSA) is 83.1 Å². The second kappa shape index (κ2) is 4.13. The van der Waals surface area contributed by atoms with Crippen molar-refractivity contribution in [1.82, 2.24) is 29.9 Å². The lowest BCUT2D eigenvalue weighted by atomic mass is 10.6. The summed E-state index contributed by atoms with van der Waals surface area (Å²) in [7, 11) is 0. The van der Waals surface area contributed by atoms with E-state index in [1.54, 1.807) is 31.2 Å². The van der Waals surface area contributed by atoms with Gasteiger partial charge in [0.15, 0.2) is 5.65 Å². The number of fused-ring (bicyclic) bond motifs is 1. The van der Waals surface area contributed by atoms with Crippen LogP contribution in [0.2, 0.25) is 0 Å². The minimum absolute atomic E-state index is 0.782. The van der Waals surface area contributed by atoms with E-state index in [4.69, 9.17) is 0 Å². The summed E-state index contributed by atoms with van der Waals surface area (Å²) >= 11 is 0. The van der Waals surface area contributed by atoms with E-state index in [9.17, 15) is 0 Å². The van der Waals surface area contributed by atoms with E-state index in [2.05, 4.69) is 29.9 Å². The molecule has 70 valence electrons. The van der Waals surface area contributed by atoms with Crippen LogP contribution in [0.3, 0.4) is 0 Å². The van der Waals surface area contributed by atoms with Crippen molar-refractivity contribution in [2.75, 3.05) is 0 Å². The zero-order chi connectivity index (χ0) is 9.64. The molecule has 3 heterocycles. The number of hydrogen-bond acceptors (Lipinski definition) is 4. The summed E-state index contributed by atoms with van der Waals surface area (Å²) in [5, 5.41) is 0. The molecule has 0 aliphatic rings. The van der Waals surface area contributed by atoms with Crippen molar-refractivity contribution in [1.29, 1.82) is 0 Å². The van der Waals surface area contributed by atoms with Crippen LogP contribution in [0.5, 0.6) is 0 Å². The minimum atomic E-state index is 0.782. The predicted molar refractivity (Wildman–Crippen MR) is 50.3 cm³/mol. The molecule has 3 aromatic rings. The number of nitrogens with zero attached hydrogens (tertiary/aromatic N) is 4. The molecular weight excluding hydrogens is 180 g/mol. The van der Waals surface area contributed by atoms with Crippen LogP contribution >= 0.6 is 0 Å². The molecule has 0 aliphatic heterocycles. The highest BCUT2D eigenvalue weighted by Crippen LogP contribution is 1.99. The fourth-order valence-electron chi connectivity index (χ4n) is 0.906. The Hall–Kier alpha value is -2.24. The number of nitrogens with one attached hydrogen (secondary N) is 2. The second-order valence-electron chi connectivity index (χ2n) is 2.42. The quantitative estimate of drug-likeness (QED) is 0.545. The van der Waals surface area contributed by atoms with E-state index in [0.29, 0.717) is 0 Å². The molecule has 0 unspecified atom stereocenters. The van der Waals surface area contributed by atoms with Gasteiger partial charge >= 0.3 is 0 Å². The van der Waals surface area contributed by atoms with Crippen LogP contribution in [-0.4, -0.2) is 29.9 Å². The maximum Gasteiger partial charge on any atom is 0.160 e. The minimum Gasteiger partial charge on any atom is -0.351 e. The molecule has 0 saturated heterocycles. The molecule has 0 aliphatic carbocycles. The van der Waals surface area contributed by atoms with Gasteiger partial charge in [0.05, 0.1) is 18.9 Å². The Kier molecular flexibility index (Phi) is 2.46. The lowest BCUT2D eigenvalue weighted by Gasteiger charge is -1.80. The van der Waals surface area contributed by atoms with Crippen molar-refractivity contribution < 1.29 is 0 Å². The van der Waals surface area contributed by atoms with Crippen LogP contribution in [0.1, 0.15) is 0 Å². The first-order valence-electron chi connectivity index (χ1n) is 3.98. The molecule has 0 spiro atoms. The normalized spacial score (nSPS) is 9.43. The number of H-pyrrole nitrogens is 2. The highest BCUT2D eigenvalue weighted by Gasteiger charge is 1.91. The number of aromatic amines is 2. The number of imidazole rings is 2. The summed E-state index contributed by atoms with van der Waals surface area (Å²) in [4.78, 5) is 20.9. The van der Waals surface area contributed by atoms with Gasteiger partial charge in [-0.25, -0.2) is 19.9 Å². The molecule has 0 saturated carbocycles. The maximum absolute atomic E-state index is 3.94. The average molecular weight is 188 g/mol. The van der Waals surface area contributed by atoms with Crippen molar-refractivity contribution in [3.63, 3.8) is 0 Å². The van der Waals surface area contributed by atoms with Crippen molar-refractivity contribution in [3.8, 4) is 0 Å². The number of aromatic nitrogens is 6. The van der Waals surface area contributed by atoms with Crippen molar-refractivity contribution >= 4 is 11.2 Å². The summed E-state index contributed by atoms with van der Waals surface area (Å²) < 4.78 is 0. The molecular formula is C8H8N6. The van der Waals surface area contributed by atoms with Crippen molar-refractivity contribution in [3.05, 3.63) is 37.6 Å². The van der Waals surface area contributed by atoms with Gasteiger partial charge in [0.2, 0.25) is 0 Å². The number of rotatable bonds is 0. The average Bonchev–Trinajstić information content (AvgIpc) is 2.92. The second-order valence-corrected chi connectivity index (χ2v) is 2.42. The molecule has 3 aromatic heterocycles. The van der Waals surface area contributed by atoms with Gasteiger partial charge in [-0.2, -0.15) is 0 Å². The Morgan fingerprint density at radius 2 is 2.07 bits per heavy atom. The highest BCUT2D eigenvalue weighted by molar-refractivity contribution is 5.67. The van der Waals surface area contributed by atoms with Gasteiger partial charge in [0.25, 0.3) is 0 Å². The Morgan fingerprint density at radius 3 is 2.71 bits per heavy atom. The summed E-state index contributed by atoms with van der Waals surface area (Å²) in [6, 6.07) is 0. The summed E-state index contributed by atoms with van der Waals surface area (Å²) in [6.07, 6.45) is 9.83. The zero-order valence-electron chi connectivity index (χ0n) is 7.25. The maximum atomic E-state index is 3.94. The van der Waals surface area contributed by atoms with Crippen LogP contribution in [-0.2, 0) is 0 Å². The largest absolute Gasteiger partial charge is 0.351 e. The first-order chi connectivity index (χ1) is 6.97. The van der Waals surface area contributed by atoms with Gasteiger partial charge in [-0.15, -0.1) is 0 Å². The molecule has 0 bridgehead atoms. The van der Waals surface area contributed by atoms with E-state index in [0.717, 1.165) is 11.2 Å². The van der Waals surface area contributed by atoms with Crippen LogP contribution in [0.15, 0.2) is 37.6 Å². The third-order valence-electron chi connectivity index (χ3n) is 1.50. The van der Waals surface area contributed by atoms with E-state index in [1.807, 2.05) is 0 Å². The number of hydrogen-bond donors (Lipinski definition) is 2. The zero-order valence-corrected chi connectivity index (χ0v) is 7.25. The van der Waals surface area contributed by atoms with Gasteiger partial charge in [0, 0.05) is 12.4 Å². The summed E-state index contributed by atoms with van der Waals surface area (Å²) in [5.41, 5.74) is 1.59. The SMILES string of the molecule is c1c[nH]cn1.c1ncc2nc[nH]c2n1. The monoisotopic (exact) mass is 188 g/mol. The Balaban J connectivity index is 0.000000128. The molecule has 0 aromatic carbocycles. The Morgan fingerprint density at radius 1 is 1.07 bits per heavy atom. The Labute approximate surface area is 79.5 Å². The molecule has 6 heteroatoms. The van der Waals surface area contributed by atoms with E-state index >= 15 is 0 Å². The molecule has 0 amide bonds. The van der Waals surface area contributed by atoms with Crippen LogP contribution in [0.25, 0.3) is 11.2 Å². The van der Waals surface area contributed by atoms with Crippen molar-refractivity contribution in [2.24, 2.45) is 0 Å². The summed E-state index contributed by atoms with van der Waals surface area (Å²) in [6.45, 7) is 0. The highest BCUT2D eigenvalue weighted by atomic mass is 15.0. The molecule has 0 fully saturated rings. The van der Waals surface area contributed by atoms with Gasteiger partial charge < -0.3 is 9.97 Å². The van der Waals surface area contributed by atoms with Crippen LogP contribution < -0.4 is 0 Å². The van der Waals surface area contributed by atoms with Gasteiger partial charge in [-0.3, -0.25) is 0 Å². The van der Waals surface area contributed by atoms with E-state index in [-0.39, 0.29) is 0 Å². The Bertz CT molecular complexity index is 424.